The van der Waals surface area contributed by atoms with Gasteiger partial charge in [-0.1, -0.05) is 12.1 Å². The molecule has 2 N–H and O–H groups in total. The molecule has 0 bridgehead atoms. The van der Waals surface area contributed by atoms with Crippen LogP contribution in [0.3, 0.4) is 0 Å². The molecule has 1 aliphatic heterocycles. The van der Waals surface area contributed by atoms with Crippen LogP contribution in [0.2, 0.25) is 0 Å². The van der Waals surface area contributed by atoms with E-state index in [0.29, 0.717) is 0 Å². The SMILES string of the molecule is CC(=O)C1=C(Cc2cccc(O)c2)CNCC1. The summed E-state index contributed by atoms with van der Waals surface area (Å²) in [5.41, 5.74) is 3.14. The number of Topliss-reactive ketones (excluding diaryl/α,β-unsaturated/α-hetero) is 1. The smallest absolute Gasteiger partial charge is 0.155 e. The lowest BCUT2D eigenvalue weighted by Crippen LogP contribution is -2.28. The third-order valence-corrected chi connectivity index (χ3v) is 3.07. The molecule has 0 saturated carbocycles. The zero-order valence-corrected chi connectivity index (χ0v) is 9.99. The van der Waals surface area contributed by atoms with Crippen molar-refractivity contribution in [1.82, 2.24) is 5.32 Å². The van der Waals surface area contributed by atoms with Gasteiger partial charge in [-0.15, -0.1) is 0 Å². The van der Waals surface area contributed by atoms with Gasteiger partial charge in [-0.25, -0.2) is 0 Å². The number of phenolic OH excluding ortho intramolecular Hbond substituents is 1. The van der Waals surface area contributed by atoms with Crippen LogP contribution in [-0.2, 0) is 11.2 Å². The maximum atomic E-state index is 11.5. The topological polar surface area (TPSA) is 49.3 Å². The molecule has 0 radical (unpaired) electrons. The molecule has 0 spiro atoms. The Kier molecular flexibility index (Phi) is 3.59. The second kappa shape index (κ2) is 5.15. The van der Waals surface area contributed by atoms with Crippen molar-refractivity contribution in [2.45, 2.75) is 19.8 Å². The molecule has 0 saturated heterocycles. The zero-order chi connectivity index (χ0) is 12.3. The van der Waals surface area contributed by atoms with Gasteiger partial charge in [0.15, 0.2) is 5.78 Å². The van der Waals surface area contributed by atoms with Crippen LogP contribution in [0.1, 0.15) is 18.9 Å². The third-order valence-electron chi connectivity index (χ3n) is 3.07. The van der Waals surface area contributed by atoms with Crippen molar-refractivity contribution in [2.24, 2.45) is 0 Å². The maximum absolute atomic E-state index is 11.5. The van der Waals surface area contributed by atoms with Gasteiger partial charge in [-0.05, 0) is 55.2 Å². The van der Waals surface area contributed by atoms with Crippen molar-refractivity contribution in [1.29, 1.82) is 0 Å². The second-order valence-corrected chi connectivity index (χ2v) is 4.41. The van der Waals surface area contributed by atoms with Crippen molar-refractivity contribution in [2.75, 3.05) is 13.1 Å². The first-order valence-corrected chi connectivity index (χ1v) is 5.87. The maximum Gasteiger partial charge on any atom is 0.155 e. The molecule has 1 aliphatic rings. The van der Waals surface area contributed by atoms with Gasteiger partial charge in [-0.3, -0.25) is 4.79 Å². The Hall–Kier alpha value is -1.61. The lowest BCUT2D eigenvalue weighted by molar-refractivity contribution is -0.113. The van der Waals surface area contributed by atoms with Crippen LogP contribution in [0.5, 0.6) is 5.75 Å². The molecular formula is C14H17NO2. The normalized spacial score (nSPS) is 16.1. The number of phenols is 1. The summed E-state index contributed by atoms with van der Waals surface area (Å²) < 4.78 is 0. The predicted octanol–water partition coefficient (Wildman–Crippen LogP) is 1.81. The molecule has 3 heteroatoms. The molecule has 0 aromatic heterocycles. The number of rotatable bonds is 3. The van der Waals surface area contributed by atoms with E-state index in [0.717, 1.165) is 42.6 Å². The molecule has 17 heavy (non-hydrogen) atoms. The molecule has 0 fully saturated rings. The summed E-state index contributed by atoms with van der Waals surface area (Å²) in [6.45, 7) is 3.27. The van der Waals surface area contributed by atoms with E-state index in [2.05, 4.69) is 5.32 Å². The number of hydrogen-bond donors (Lipinski definition) is 2. The van der Waals surface area contributed by atoms with Crippen molar-refractivity contribution in [3.8, 4) is 5.75 Å². The summed E-state index contributed by atoms with van der Waals surface area (Å²) in [6.07, 6.45) is 1.54. The molecule has 1 aromatic rings. The van der Waals surface area contributed by atoms with Gasteiger partial charge in [-0.2, -0.15) is 0 Å². The quantitative estimate of drug-likeness (QED) is 0.834. The molecule has 0 atom stereocenters. The number of benzene rings is 1. The average Bonchev–Trinajstić information content (AvgIpc) is 2.29. The molecule has 0 unspecified atom stereocenters. The fraction of sp³-hybridized carbons (Fsp3) is 0.357. The lowest BCUT2D eigenvalue weighted by Gasteiger charge is -2.20. The van der Waals surface area contributed by atoms with E-state index in [1.54, 1.807) is 19.1 Å². The van der Waals surface area contributed by atoms with Crippen molar-refractivity contribution in [3.63, 3.8) is 0 Å². The van der Waals surface area contributed by atoms with E-state index < -0.39 is 0 Å². The minimum atomic E-state index is 0.168. The molecule has 2 rings (SSSR count). The van der Waals surface area contributed by atoms with Crippen LogP contribution in [-0.4, -0.2) is 24.0 Å². The van der Waals surface area contributed by atoms with E-state index in [9.17, 15) is 9.90 Å². The highest BCUT2D eigenvalue weighted by atomic mass is 16.3. The van der Waals surface area contributed by atoms with Gasteiger partial charge in [0, 0.05) is 6.54 Å². The zero-order valence-electron chi connectivity index (χ0n) is 9.99. The van der Waals surface area contributed by atoms with Gasteiger partial charge < -0.3 is 10.4 Å². The number of carbonyl (C=O) groups is 1. The summed E-state index contributed by atoms with van der Waals surface area (Å²) in [5, 5.41) is 12.7. The predicted molar refractivity (Wildman–Crippen MR) is 67.0 cm³/mol. The first-order valence-electron chi connectivity index (χ1n) is 5.87. The van der Waals surface area contributed by atoms with Crippen molar-refractivity contribution >= 4 is 5.78 Å². The van der Waals surface area contributed by atoms with Crippen LogP contribution in [0.15, 0.2) is 35.4 Å². The summed E-state index contributed by atoms with van der Waals surface area (Å²) in [6, 6.07) is 7.20. The van der Waals surface area contributed by atoms with E-state index >= 15 is 0 Å². The Morgan fingerprint density at radius 2 is 2.29 bits per heavy atom. The third kappa shape index (κ3) is 2.94. The largest absolute Gasteiger partial charge is 0.508 e. The first kappa shape index (κ1) is 11.9. The highest BCUT2D eigenvalue weighted by Crippen LogP contribution is 2.20. The Bertz CT molecular complexity index is 463. The van der Waals surface area contributed by atoms with Gasteiger partial charge in [0.25, 0.3) is 0 Å². The molecule has 1 heterocycles. The Morgan fingerprint density at radius 3 is 3.00 bits per heavy atom. The van der Waals surface area contributed by atoms with Gasteiger partial charge in [0.05, 0.1) is 0 Å². The lowest BCUT2D eigenvalue weighted by atomic mass is 9.93. The first-order chi connectivity index (χ1) is 8.16. The molecule has 90 valence electrons. The fourth-order valence-corrected chi connectivity index (χ4v) is 2.24. The number of nitrogens with one attached hydrogen (secondary N) is 1. The van der Waals surface area contributed by atoms with Crippen molar-refractivity contribution in [3.05, 3.63) is 41.0 Å². The van der Waals surface area contributed by atoms with Gasteiger partial charge in [0.1, 0.15) is 5.75 Å². The molecule has 3 nitrogen and oxygen atoms in total. The monoisotopic (exact) mass is 231 g/mol. The van der Waals surface area contributed by atoms with Crippen LogP contribution >= 0.6 is 0 Å². The minimum Gasteiger partial charge on any atom is -0.508 e. The molecule has 0 aliphatic carbocycles. The highest BCUT2D eigenvalue weighted by Gasteiger charge is 2.15. The fourth-order valence-electron chi connectivity index (χ4n) is 2.24. The molecule has 0 amide bonds. The van der Waals surface area contributed by atoms with E-state index in [1.807, 2.05) is 12.1 Å². The summed E-state index contributed by atoms with van der Waals surface area (Å²) in [5.74, 6) is 0.442. The Balaban J connectivity index is 2.24. The van der Waals surface area contributed by atoms with Gasteiger partial charge in [0.2, 0.25) is 0 Å². The summed E-state index contributed by atoms with van der Waals surface area (Å²) in [4.78, 5) is 11.5. The number of hydrogen-bond acceptors (Lipinski definition) is 3. The molecule has 1 aromatic carbocycles. The summed E-state index contributed by atoms with van der Waals surface area (Å²) in [7, 11) is 0. The van der Waals surface area contributed by atoms with Crippen LogP contribution in [0.4, 0.5) is 0 Å². The Morgan fingerprint density at radius 1 is 1.47 bits per heavy atom. The van der Waals surface area contributed by atoms with Crippen LogP contribution < -0.4 is 5.32 Å². The van der Waals surface area contributed by atoms with Crippen LogP contribution in [0.25, 0.3) is 0 Å². The number of ketones is 1. The van der Waals surface area contributed by atoms with E-state index in [1.165, 1.54) is 0 Å². The van der Waals surface area contributed by atoms with E-state index in [-0.39, 0.29) is 11.5 Å². The van der Waals surface area contributed by atoms with Gasteiger partial charge >= 0.3 is 0 Å². The summed E-state index contributed by atoms with van der Waals surface area (Å²) >= 11 is 0. The second-order valence-electron chi connectivity index (χ2n) is 4.41. The van der Waals surface area contributed by atoms with Crippen molar-refractivity contribution < 1.29 is 9.90 Å². The number of carbonyl (C=O) groups excluding carboxylic acids is 1. The molecular weight excluding hydrogens is 214 g/mol. The van der Waals surface area contributed by atoms with E-state index in [4.69, 9.17) is 0 Å². The van der Waals surface area contributed by atoms with Crippen LogP contribution in [0, 0.1) is 0 Å². The number of aromatic hydroxyl groups is 1. The Labute approximate surface area is 101 Å². The minimum absolute atomic E-state index is 0.168. The highest BCUT2D eigenvalue weighted by molar-refractivity contribution is 5.94. The average molecular weight is 231 g/mol. The standard InChI is InChI=1S/C14H17NO2/c1-10(16)14-5-6-15-9-12(14)7-11-3-2-4-13(17)8-11/h2-4,8,15,17H,5-7,9H2,1H3.